The van der Waals surface area contributed by atoms with Crippen LogP contribution in [0.5, 0.6) is 0 Å². The average molecular weight is 312 g/mol. The van der Waals surface area contributed by atoms with Crippen LogP contribution < -0.4 is 0 Å². The second-order valence-corrected chi connectivity index (χ2v) is 6.05. The van der Waals surface area contributed by atoms with Crippen LogP contribution >= 0.6 is 0 Å². The number of ether oxygens (including phenoxy) is 2. The monoisotopic (exact) mass is 312 g/mol. The molecular formula is C15H20O5S. The van der Waals surface area contributed by atoms with Gasteiger partial charge in [-0.25, -0.2) is 4.21 Å². The van der Waals surface area contributed by atoms with E-state index < -0.39 is 11.1 Å². The van der Waals surface area contributed by atoms with Crippen LogP contribution in [0, 0.1) is 12.8 Å². The molecule has 1 aromatic carbocycles. The largest absolute Gasteiger partial charge is 0.466 e. The Kier molecular flexibility index (Phi) is 5.90. The molecule has 1 aliphatic rings. The van der Waals surface area contributed by atoms with Gasteiger partial charge in [-0.15, -0.1) is 0 Å². The predicted molar refractivity (Wildman–Crippen MR) is 78.0 cm³/mol. The highest BCUT2D eigenvalue weighted by atomic mass is 32.2. The summed E-state index contributed by atoms with van der Waals surface area (Å²) in [6.45, 7) is 4.69. The quantitative estimate of drug-likeness (QED) is 0.543. The van der Waals surface area contributed by atoms with Crippen LogP contribution in [-0.4, -0.2) is 36.1 Å². The first-order valence-electron chi connectivity index (χ1n) is 7.01. The van der Waals surface area contributed by atoms with Crippen molar-refractivity contribution in [3.8, 4) is 0 Å². The molecule has 0 amide bonds. The van der Waals surface area contributed by atoms with Crippen molar-refractivity contribution in [3.63, 3.8) is 0 Å². The van der Waals surface area contributed by atoms with Crippen LogP contribution in [0.25, 0.3) is 0 Å². The smallest absolute Gasteiger partial charge is 0.311 e. The lowest BCUT2D eigenvalue weighted by molar-refractivity contribution is -0.145. The third-order valence-electron chi connectivity index (χ3n) is 3.14. The van der Waals surface area contributed by atoms with Gasteiger partial charge in [0.25, 0.3) is 0 Å². The highest BCUT2D eigenvalue weighted by Crippen LogP contribution is 2.34. The molecule has 1 fully saturated rings. The minimum Gasteiger partial charge on any atom is -0.466 e. The molecule has 116 valence electrons. The second-order valence-electron chi connectivity index (χ2n) is 4.87. The number of hydrogen-bond donors (Lipinski definition) is 0. The summed E-state index contributed by atoms with van der Waals surface area (Å²) < 4.78 is 27.4. The van der Waals surface area contributed by atoms with E-state index in [1.807, 2.05) is 19.1 Å². The topological polar surface area (TPSA) is 61.8 Å². The summed E-state index contributed by atoms with van der Waals surface area (Å²) in [6, 6.07) is 7.34. The van der Waals surface area contributed by atoms with Crippen molar-refractivity contribution in [2.24, 2.45) is 5.92 Å². The molecule has 21 heavy (non-hydrogen) atoms. The van der Waals surface area contributed by atoms with Gasteiger partial charge >= 0.3 is 5.97 Å². The molecule has 0 radical (unpaired) electrons. The van der Waals surface area contributed by atoms with Crippen molar-refractivity contribution in [3.05, 3.63) is 29.8 Å². The summed E-state index contributed by atoms with van der Waals surface area (Å²) in [6.07, 6.45) is 0.611. The Bertz CT molecular complexity index is 499. The van der Waals surface area contributed by atoms with Gasteiger partial charge in [-0.1, -0.05) is 17.7 Å². The average Bonchev–Trinajstić information content (AvgIpc) is 3.24. The Morgan fingerprint density at radius 2 is 2.00 bits per heavy atom. The standard InChI is InChI=1S/C15H20O5S/c1-3-18-15(16)13-10-14(13)19-8-9-20-21(17)12-6-4-11(2)5-7-12/h4-7,13-14H,3,8-10H2,1-2H3. The molecule has 5 nitrogen and oxygen atoms in total. The van der Waals surface area contributed by atoms with Crippen LogP contribution in [0.1, 0.15) is 18.9 Å². The molecule has 1 aromatic rings. The molecule has 6 heteroatoms. The third kappa shape index (κ3) is 4.91. The minimum absolute atomic E-state index is 0.0829. The molecule has 2 rings (SSSR count). The second kappa shape index (κ2) is 7.68. The van der Waals surface area contributed by atoms with Crippen LogP contribution in [0.15, 0.2) is 29.2 Å². The van der Waals surface area contributed by atoms with E-state index in [0.717, 1.165) is 5.56 Å². The van der Waals surface area contributed by atoms with Gasteiger partial charge in [0.1, 0.15) is 0 Å². The van der Waals surface area contributed by atoms with E-state index in [1.54, 1.807) is 19.1 Å². The molecule has 0 N–H and O–H groups in total. The van der Waals surface area contributed by atoms with Gasteiger partial charge in [-0.05, 0) is 32.4 Å². The maximum atomic E-state index is 11.8. The first kappa shape index (κ1) is 16.1. The predicted octanol–water partition coefficient (Wildman–Crippen LogP) is 2.00. The molecule has 0 aromatic heterocycles. The zero-order valence-corrected chi connectivity index (χ0v) is 13.1. The highest BCUT2D eigenvalue weighted by molar-refractivity contribution is 7.80. The lowest BCUT2D eigenvalue weighted by Gasteiger charge is -2.05. The maximum Gasteiger partial charge on any atom is 0.311 e. The van der Waals surface area contributed by atoms with Crippen molar-refractivity contribution < 1.29 is 22.7 Å². The normalized spacial score (nSPS) is 21.8. The van der Waals surface area contributed by atoms with E-state index in [4.69, 9.17) is 13.7 Å². The van der Waals surface area contributed by atoms with E-state index in [1.165, 1.54) is 0 Å². The highest BCUT2D eigenvalue weighted by Gasteiger charge is 2.45. The van der Waals surface area contributed by atoms with Crippen molar-refractivity contribution in [2.75, 3.05) is 19.8 Å². The number of rotatable bonds is 8. The Labute approximate surface area is 127 Å². The van der Waals surface area contributed by atoms with Crippen LogP contribution in [0.3, 0.4) is 0 Å². The first-order valence-corrected chi connectivity index (χ1v) is 8.09. The molecule has 1 saturated carbocycles. The van der Waals surface area contributed by atoms with Gasteiger partial charge in [-0.2, -0.15) is 0 Å². The van der Waals surface area contributed by atoms with Gasteiger partial charge in [-0.3, -0.25) is 8.98 Å². The summed E-state index contributed by atoms with van der Waals surface area (Å²) in [4.78, 5) is 12.0. The van der Waals surface area contributed by atoms with Gasteiger partial charge in [0, 0.05) is 0 Å². The first-order chi connectivity index (χ1) is 10.1. The zero-order valence-electron chi connectivity index (χ0n) is 12.2. The van der Waals surface area contributed by atoms with Gasteiger partial charge in [0.2, 0.25) is 0 Å². The minimum atomic E-state index is -1.48. The third-order valence-corrected chi connectivity index (χ3v) is 4.18. The SMILES string of the molecule is CCOC(=O)C1CC1OCCOS(=O)c1ccc(C)cc1. The zero-order chi connectivity index (χ0) is 15.2. The fourth-order valence-corrected chi connectivity index (χ4v) is 2.59. The Balaban J connectivity index is 1.61. The summed E-state index contributed by atoms with van der Waals surface area (Å²) in [5, 5.41) is 0. The summed E-state index contributed by atoms with van der Waals surface area (Å²) in [5.41, 5.74) is 1.11. The van der Waals surface area contributed by atoms with Crippen molar-refractivity contribution in [1.82, 2.24) is 0 Å². The molecule has 3 atom stereocenters. The molecule has 0 aliphatic heterocycles. The van der Waals surface area contributed by atoms with Crippen molar-refractivity contribution in [1.29, 1.82) is 0 Å². The number of hydrogen-bond acceptors (Lipinski definition) is 5. The number of benzene rings is 1. The number of carbonyl (C=O) groups excluding carboxylic acids is 1. The Morgan fingerprint density at radius 1 is 1.29 bits per heavy atom. The molecule has 3 unspecified atom stereocenters. The van der Waals surface area contributed by atoms with Crippen molar-refractivity contribution >= 4 is 17.0 Å². The fraction of sp³-hybridized carbons (Fsp3) is 0.533. The Hall–Kier alpha value is -1.24. The number of aryl methyl sites for hydroxylation is 1. The van der Waals surface area contributed by atoms with Crippen LogP contribution in [0.4, 0.5) is 0 Å². The van der Waals surface area contributed by atoms with E-state index in [9.17, 15) is 9.00 Å². The number of carbonyl (C=O) groups is 1. The molecule has 1 aliphatic carbocycles. The Morgan fingerprint density at radius 3 is 2.67 bits per heavy atom. The molecular weight excluding hydrogens is 292 g/mol. The fourth-order valence-electron chi connectivity index (χ4n) is 1.88. The molecule has 0 bridgehead atoms. The van der Waals surface area contributed by atoms with Gasteiger partial charge in [0.15, 0.2) is 11.1 Å². The van der Waals surface area contributed by atoms with Gasteiger partial charge < -0.3 is 9.47 Å². The van der Waals surface area contributed by atoms with E-state index in [0.29, 0.717) is 24.5 Å². The molecule has 0 heterocycles. The summed E-state index contributed by atoms with van der Waals surface area (Å²) >= 11 is -1.48. The summed E-state index contributed by atoms with van der Waals surface area (Å²) in [7, 11) is 0. The maximum absolute atomic E-state index is 11.8. The summed E-state index contributed by atoms with van der Waals surface area (Å²) in [5.74, 6) is -0.348. The van der Waals surface area contributed by atoms with Crippen LogP contribution in [-0.2, 0) is 29.5 Å². The van der Waals surface area contributed by atoms with Gasteiger partial charge in [0.05, 0.1) is 36.7 Å². The van der Waals surface area contributed by atoms with E-state index >= 15 is 0 Å². The lowest BCUT2D eigenvalue weighted by Crippen LogP contribution is -2.13. The number of esters is 1. The van der Waals surface area contributed by atoms with E-state index in [-0.39, 0.29) is 24.6 Å². The lowest BCUT2D eigenvalue weighted by atomic mass is 10.2. The van der Waals surface area contributed by atoms with Crippen LogP contribution in [0.2, 0.25) is 0 Å². The van der Waals surface area contributed by atoms with Crippen molar-refractivity contribution in [2.45, 2.75) is 31.3 Å². The van der Waals surface area contributed by atoms with E-state index in [2.05, 4.69) is 0 Å². The molecule has 0 spiro atoms. The molecule has 0 saturated heterocycles.